The molecule has 1 atom stereocenters. The van der Waals surface area contributed by atoms with Gasteiger partial charge in [-0.25, -0.2) is 0 Å². The number of carbonyl (C=O) groups is 3. The van der Waals surface area contributed by atoms with Crippen LogP contribution in [0.3, 0.4) is 0 Å². The molecule has 0 aliphatic carbocycles. The molecular weight excluding hydrogens is 853 g/mol. The molecule has 0 aromatic carbocycles. The summed E-state index contributed by atoms with van der Waals surface area (Å²) in [6.45, 7) is 6.49. The van der Waals surface area contributed by atoms with E-state index < -0.39 is 6.10 Å². The summed E-state index contributed by atoms with van der Waals surface area (Å²) in [6.07, 6.45) is 75.5. The van der Waals surface area contributed by atoms with Gasteiger partial charge in [-0.1, -0.05) is 259 Å². The van der Waals surface area contributed by atoms with Crippen LogP contribution >= 0.6 is 0 Å². The number of rotatable bonds is 51. The molecule has 1 unspecified atom stereocenters. The summed E-state index contributed by atoms with van der Waals surface area (Å²) < 4.78 is 16.8. The van der Waals surface area contributed by atoms with Crippen molar-refractivity contribution in [1.82, 2.24) is 0 Å². The van der Waals surface area contributed by atoms with Gasteiger partial charge in [0.25, 0.3) is 0 Å². The summed E-state index contributed by atoms with van der Waals surface area (Å²) in [4.78, 5) is 38.0. The second-order valence-corrected chi connectivity index (χ2v) is 18.8. The van der Waals surface area contributed by atoms with Gasteiger partial charge in [0.15, 0.2) is 6.10 Å². The molecule has 0 aliphatic heterocycles. The summed E-state index contributed by atoms with van der Waals surface area (Å²) in [7, 11) is 0. The predicted molar refractivity (Wildman–Crippen MR) is 297 cm³/mol. The average Bonchev–Trinajstić information content (AvgIpc) is 3.35. The van der Waals surface area contributed by atoms with Gasteiger partial charge in [0, 0.05) is 19.3 Å². The predicted octanol–water partition coefficient (Wildman–Crippen LogP) is 19.3. The Morgan fingerprint density at radius 1 is 0.304 bits per heavy atom. The first-order valence-corrected chi connectivity index (χ1v) is 28.7. The Morgan fingerprint density at radius 2 is 0.565 bits per heavy atom. The van der Waals surface area contributed by atoms with E-state index in [4.69, 9.17) is 14.2 Å². The second kappa shape index (κ2) is 56.9. The molecule has 69 heavy (non-hydrogen) atoms. The van der Waals surface area contributed by atoms with E-state index in [2.05, 4.69) is 118 Å². The van der Waals surface area contributed by atoms with E-state index in [0.29, 0.717) is 19.3 Å². The standard InChI is InChI=1S/C63H106O6/c1-4-7-10-13-16-19-22-23-24-25-26-27-28-29-30-31-32-33-34-35-36-37-38-39-42-44-47-50-53-56-62(65)68-59-60(69-63(66)57-54-51-48-45-41-21-18-15-12-9-6-3)58-67-61(64)55-52-49-46-43-40-20-17-14-11-8-5-2/h7,10,16,19,23-24,26-27,29-30,32-33,35-36,38-39,60H,4-6,8-9,11-15,17-18,20-22,25,28,31,34,37,40-59H2,1-3H3/b10-7-,19-16-,24-23-,27-26-,30-29-,33-32-,36-35-,39-38-. The van der Waals surface area contributed by atoms with Crippen molar-refractivity contribution in [2.75, 3.05) is 13.2 Å². The van der Waals surface area contributed by atoms with Gasteiger partial charge in [-0.15, -0.1) is 0 Å². The fourth-order valence-corrected chi connectivity index (χ4v) is 7.81. The van der Waals surface area contributed by atoms with Crippen molar-refractivity contribution in [1.29, 1.82) is 0 Å². The fourth-order valence-electron chi connectivity index (χ4n) is 7.81. The first kappa shape index (κ1) is 65.3. The third kappa shape index (κ3) is 55.1. The van der Waals surface area contributed by atoms with Crippen LogP contribution in [0.2, 0.25) is 0 Å². The van der Waals surface area contributed by atoms with Crippen LogP contribution < -0.4 is 0 Å². The topological polar surface area (TPSA) is 78.9 Å². The van der Waals surface area contributed by atoms with E-state index in [1.54, 1.807) is 0 Å². The molecule has 6 nitrogen and oxygen atoms in total. The molecule has 0 fully saturated rings. The average molecular weight is 960 g/mol. The van der Waals surface area contributed by atoms with Crippen molar-refractivity contribution in [2.45, 2.75) is 271 Å². The largest absolute Gasteiger partial charge is 0.462 e. The van der Waals surface area contributed by atoms with Gasteiger partial charge in [0.1, 0.15) is 13.2 Å². The van der Waals surface area contributed by atoms with Crippen LogP contribution in [0.1, 0.15) is 265 Å². The van der Waals surface area contributed by atoms with Crippen molar-refractivity contribution >= 4 is 17.9 Å². The molecule has 0 radical (unpaired) electrons. The fraction of sp³-hybridized carbons (Fsp3) is 0.698. The Labute approximate surface area is 426 Å². The molecule has 0 aliphatic rings. The smallest absolute Gasteiger partial charge is 0.306 e. The van der Waals surface area contributed by atoms with Gasteiger partial charge < -0.3 is 14.2 Å². The number of hydrogen-bond donors (Lipinski definition) is 0. The molecule has 0 aromatic rings. The number of esters is 3. The molecule has 0 N–H and O–H groups in total. The van der Waals surface area contributed by atoms with Crippen molar-refractivity contribution < 1.29 is 28.6 Å². The third-order valence-electron chi connectivity index (χ3n) is 12.1. The summed E-state index contributed by atoms with van der Waals surface area (Å²) in [5.74, 6) is -0.907. The summed E-state index contributed by atoms with van der Waals surface area (Å²) in [6, 6.07) is 0. The van der Waals surface area contributed by atoms with Crippen LogP contribution in [0.25, 0.3) is 0 Å². The molecule has 0 heterocycles. The van der Waals surface area contributed by atoms with Crippen LogP contribution in [0, 0.1) is 0 Å². The van der Waals surface area contributed by atoms with E-state index >= 15 is 0 Å². The van der Waals surface area contributed by atoms with Gasteiger partial charge >= 0.3 is 17.9 Å². The Hall–Kier alpha value is -3.67. The highest BCUT2D eigenvalue weighted by atomic mass is 16.6. The van der Waals surface area contributed by atoms with Crippen LogP contribution in [-0.4, -0.2) is 37.2 Å². The second-order valence-electron chi connectivity index (χ2n) is 18.8. The van der Waals surface area contributed by atoms with Crippen molar-refractivity contribution in [3.05, 3.63) is 97.2 Å². The van der Waals surface area contributed by atoms with Gasteiger partial charge in [-0.3, -0.25) is 14.4 Å². The maximum absolute atomic E-state index is 12.8. The number of carbonyl (C=O) groups excluding carboxylic acids is 3. The number of allylic oxidation sites excluding steroid dienone is 16. The minimum atomic E-state index is -0.784. The zero-order valence-electron chi connectivity index (χ0n) is 45.0. The lowest BCUT2D eigenvalue weighted by Gasteiger charge is -2.18. The Kier molecular flexibility index (Phi) is 53.9. The minimum Gasteiger partial charge on any atom is -0.462 e. The molecule has 6 heteroatoms. The zero-order valence-corrected chi connectivity index (χ0v) is 45.0. The maximum atomic E-state index is 12.8. The van der Waals surface area contributed by atoms with Gasteiger partial charge in [0.05, 0.1) is 0 Å². The lowest BCUT2D eigenvalue weighted by molar-refractivity contribution is -0.167. The molecule has 0 rings (SSSR count). The van der Waals surface area contributed by atoms with E-state index in [9.17, 15) is 14.4 Å². The first-order valence-electron chi connectivity index (χ1n) is 28.7. The highest BCUT2D eigenvalue weighted by molar-refractivity contribution is 5.71. The first-order chi connectivity index (χ1) is 34.0. The summed E-state index contributed by atoms with van der Waals surface area (Å²) >= 11 is 0. The lowest BCUT2D eigenvalue weighted by atomic mass is 10.1. The van der Waals surface area contributed by atoms with Crippen LogP contribution in [0.15, 0.2) is 97.2 Å². The monoisotopic (exact) mass is 959 g/mol. The molecule has 0 bridgehead atoms. The highest BCUT2D eigenvalue weighted by Crippen LogP contribution is 2.15. The maximum Gasteiger partial charge on any atom is 0.306 e. The number of ether oxygens (including phenoxy) is 3. The molecule has 0 spiro atoms. The lowest BCUT2D eigenvalue weighted by Crippen LogP contribution is -2.30. The quantitative estimate of drug-likeness (QED) is 0.0262. The number of hydrogen-bond acceptors (Lipinski definition) is 6. The number of unbranched alkanes of at least 4 members (excludes halogenated alkanes) is 24. The molecular formula is C63H106O6. The van der Waals surface area contributed by atoms with Crippen molar-refractivity contribution in [3.8, 4) is 0 Å². The zero-order chi connectivity index (χ0) is 50.0. The van der Waals surface area contributed by atoms with E-state index in [-0.39, 0.29) is 31.1 Å². The van der Waals surface area contributed by atoms with Gasteiger partial charge in [-0.2, -0.15) is 0 Å². The van der Waals surface area contributed by atoms with Gasteiger partial charge in [-0.05, 0) is 83.5 Å². The molecule has 0 saturated carbocycles. The molecule has 0 amide bonds. The SMILES string of the molecule is CC/C=C\C/C=C\C/C=C\C/C=C\C/C=C\C/C=C\C/C=C\C/C=C\CCCCCCC(=O)OCC(COC(=O)CCCCCCCCCCCCC)OC(=O)CCCCCCCCCCCCC. The van der Waals surface area contributed by atoms with Crippen LogP contribution in [-0.2, 0) is 28.6 Å². The van der Waals surface area contributed by atoms with E-state index in [1.165, 1.54) is 103 Å². The Morgan fingerprint density at radius 3 is 0.884 bits per heavy atom. The summed E-state index contributed by atoms with van der Waals surface area (Å²) in [5, 5.41) is 0. The van der Waals surface area contributed by atoms with Crippen LogP contribution in [0.5, 0.6) is 0 Å². The Balaban J connectivity index is 4.28. The van der Waals surface area contributed by atoms with E-state index in [1.807, 2.05) is 0 Å². The minimum absolute atomic E-state index is 0.0824. The highest BCUT2D eigenvalue weighted by Gasteiger charge is 2.19. The van der Waals surface area contributed by atoms with Gasteiger partial charge in [0.2, 0.25) is 0 Å². The van der Waals surface area contributed by atoms with Crippen molar-refractivity contribution in [2.24, 2.45) is 0 Å². The molecule has 394 valence electrons. The Bertz CT molecular complexity index is 1380. The van der Waals surface area contributed by atoms with E-state index in [0.717, 1.165) is 122 Å². The third-order valence-corrected chi connectivity index (χ3v) is 12.1. The van der Waals surface area contributed by atoms with Crippen molar-refractivity contribution in [3.63, 3.8) is 0 Å². The molecule has 0 saturated heterocycles. The molecule has 0 aromatic heterocycles. The normalized spacial score (nSPS) is 12.8. The summed E-state index contributed by atoms with van der Waals surface area (Å²) in [5.41, 5.74) is 0. The van der Waals surface area contributed by atoms with Crippen LogP contribution in [0.4, 0.5) is 0 Å².